The maximum Gasteiger partial charge on any atom is 0.497 e. The SMILES string of the molecule is CCCCCCC(NC(=O)c1ccc(-c2ccc(CCCC)cc2)cc1)C(=O)NC(C(=O)NC(CC)C(=O)NC(CC(N)=O)C(=O)NC(N)B1OC2CC3CC(C3(N)N)C2(C)O1)C(N)O. The predicted octanol–water partition coefficient (Wildman–Crippen LogP) is 0.0379. The number of amides is 6. The number of carbonyl (C=O) groups is 6. The summed E-state index contributed by atoms with van der Waals surface area (Å²) in [6.07, 6.45) is 5.03. The molecule has 356 valence electrons. The van der Waals surface area contributed by atoms with E-state index in [2.05, 4.69) is 45.6 Å². The van der Waals surface area contributed by atoms with Crippen molar-refractivity contribution < 1.29 is 43.2 Å². The third-order valence-electron chi connectivity index (χ3n) is 13.2. The Kier molecular flexibility index (Phi) is 17.7. The largest absolute Gasteiger partial charge is 0.497 e. The summed E-state index contributed by atoms with van der Waals surface area (Å²) in [5.74, 6) is -5.17. The number of primary amides is 1. The molecule has 1 heterocycles. The second-order valence-electron chi connectivity index (χ2n) is 18.0. The lowest BCUT2D eigenvalue weighted by Crippen LogP contribution is -2.79. The Morgan fingerprint density at radius 1 is 0.754 bits per heavy atom. The van der Waals surface area contributed by atoms with Crippen molar-refractivity contribution in [3.05, 3.63) is 59.7 Å². The van der Waals surface area contributed by atoms with E-state index >= 15 is 0 Å². The molecule has 1 saturated heterocycles. The van der Waals surface area contributed by atoms with E-state index in [1.54, 1.807) is 19.1 Å². The van der Waals surface area contributed by atoms with Crippen molar-refractivity contribution in [1.82, 2.24) is 26.6 Å². The average Bonchev–Trinajstić information content (AvgIpc) is 3.64. The Morgan fingerprint density at radius 2 is 1.35 bits per heavy atom. The van der Waals surface area contributed by atoms with Crippen molar-refractivity contribution in [3.63, 3.8) is 0 Å². The minimum absolute atomic E-state index is 0.0296. The standard InChI is InChI=1S/C45H69BN10O9/c1-5-8-10-11-13-31(53-38(59)28-20-18-27(19-21-28)26-16-14-25(15-17-26)12-9-6-2)40(61)55-36(37(48)58)42(63)52-30(7-3)39(60)54-32(24-35(47)57)41(62)56-43(49)46-64-34-23-29-22-33(45(29,50)51)44(34,4)65-46/h14-21,29-34,36-37,43,58H,5-13,22-24,48-51H2,1-4H3,(H2,47,57)(H,52,63)(H,53,59)(H,54,60)(H,55,61)(H,56,62). The van der Waals surface area contributed by atoms with Crippen LogP contribution in [0.15, 0.2) is 48.5 Å². The number of nitrogens with one attached hydrogen (secondary N) is 5. The van der Waals surface area contributed by atoms with E-state index in [4.69, 9.17) is 38.0 Å². The van der Waals surface area contributed by atoms with E-state index in [1.165, 1.54) is 5.56 Å². The van der Waals surface area contributed by atoms with Crippen LogP contribution >= 0.6 is 0 Å². The number of aliphatic hydroxyl groups is 1. The van der Waals surface area contributed by atoms with Gasteiger partial charge in [-0.1, -0.05) is 89.3 Å². The Morgan fingerprint density at radius 3 is 1.94 bits per heavy atom. The van der Waals surface area contributed by atoms with Crippen molar-refractivity contribution in [3.8, 4) is 11.1 Å². The minimum atomic E-state index is -1.93. The zero-order valence-electron chi connectivity index (χ0n) is 38.0. The molecule has 1 aliphatic heterocycles. The lowest BCUT2D eigenvalue weighted by atomic mass is 9.50. The minimum Gasteiger partial charge on any atom is -0.403 e. The van der Waals surface area contributed by atoms with Crippen molar-refractivity contribution in [2.24, 2.45) is 40.5 Å². The first-order chi connectivity index (χ1) is 30.8. The molecule has 19 nitrogen and oxygen atoms in total. The summed E-state index contributed by atoms with van der Waals surface area (Å²) in [6.45, 7) is 7.60. The van der Waals surface area contributed by atoms with Gasteiger partial charge in [0, 0.05) is 11.5 Å². The maximum atomic E-state index is 13.8. The third kappa shape index (κ3) is 12.5. The van der Waals surface area contributed by atoms with Crippen LogP contribution in [0.2, 0.25) is 0 Å². The number of carbonyl (C=O) groups excluding carboxylic acids is 6. The maximum absolute atomic E-state index is 13.8. The number of rotatable bonds is 24. The fraction of sp³-hybridized carbons (Fsp3) is 0.600. The van der Waals surface area contributed by atoms with Crippen LogP contribution in [-0.2, 0) is 39.7 Å². The molecule has 65 heavy (non-hydrogen) atoms. The molecule has 2 aromatic rings. The van der Waals surface area contributed by atoms with Gasteiger partial charge in [0.25, 0.3) is 5.91 Å². The van der Waals surface area contributed by atoms with E-state index in [1.807, 2.05) is 38.1 Å². The summed E-state index contributed by atoms with van der Waals surface area (Å²) >= 11 is 0. The van der Waals surface area contributed by atoms with Gasteiger partial charge in [-0.05, 0) is 80.2 Å². The van der Waals surface area contributed by atoms with Gasteiger partial charge in [0.15, 0.2) is 0 Å². The van der Waals surface area contributed by atoms with Crippen LogP contribution in [0.5, 0.6) is 0 Å². The summed E-state index contributed by atoms with van der Waals surface area (Å²) < 4.78 is 12.3. The number of hydrogen-bond acceptors (Lipinski definition) is 13. The summed E-state index contributed by atoms with van der Waals surface area (Å²) in [6, 6.07) is 8.30. The molecule has 4 fully saturated rings. The summed E-state index contributed by atoms with van der Waals surface area (Å²) in [5.41, 5.74) is 31.9. The van der Waals surface area contributed by atoms with Gasteiger partial charge in [-0.25, -0.2) is 0 Å². The van der Waals surface area contributed by atoms with E-state index < -0.39 is 96.7 Å². The Bertz CT molecular complexity index is 1990. The van der Waals surface area contributed by atoms with Crippen LogP contribution in [0.1, 0.15) is 114 Å². The van der Waals surface area contributed by atoms with Crippen LogP contribution in [0, 0.1) is 11.8 Å². The lowest BCUT2D eigenvalue weighted by molar-refractivity contribution is -0.169. The fourth-order valence-corrected chi connectivity index (χ4v) is 9.05. The highest BCUT2D eigenvalue weighted by atomic mass is 16.7. The summed E-state index contributed by atoms with van der Waals surface area (Å²) in [5, 5.41) is 23.1. The van der Waals surface area contributed by atoms with Gasteiger partial charge in [0.05, 0.1) is 23.8 Å². The monoisotopic (exact) mass is 905 g/mol. The van der Waals surface area contributed by atoms with Crippen molar-refractivity contribution in [2.75, 3.05) is 0 Å². The van der Waals surface area contributed by atoms with Crippen molar-refractivity contribution >= 4 is 42.6 Å². The smallest absolute Gasteiger partial charge is 0.403 e. The first-order valence-electron chi connectivity index (χ1n) is 22.9. The molecule has 10 unspecified atom stereocenters. The number of unbranched alkanes of at least 4 members (excludes halogenated alkanes) is 4. The van der Waals surface area contributed by atoms with Crippen molar-refractivity contribution in [2.45, 2.75) is 159 Å². The third-order valence-corrected chi connectivity index (χ3v) is 13.2. The van der Waals surface area contributed by atoms with E-state index in [0.29, 0.717) is 18.4 Å². The van der Waals surface area contributed by atoms with Crippen LogP contribution in [0.4, 0.5) is 0 Å². The van der Waals surface area contributed by atoms with Crippen LogP contribution in [-0.4, -0.2) is 101 Å². The Balaban J connectivity index is 1.19. The Hall–Kier alpha value is -4.96. The molecular formula is C45H69BN10O9. The molecule has 2 bridgehead atoms. The molecule has 6 rings (SSSR count). The molecule has 3 aliphatic carbocycles. The summed E-state index contributed by atoms with van der Waals surface area (Å²) in [7, 11) is -1.09. The molecular weight excluding hydrogens is 835 g/mol. The molecule has 10 atom stereocenters. The first kappa shape index (κ1) is 51.0. The molecule has 3 saturated carbocycles. The van der Waals surface area contributed by atoms with E-state index in [-0.39, 0.29) is 30.8 Å². The highest BCUT2D eigenvalue weighted by molar-refractivity contribution is 6.47. The highest BCUT2D eigenvalue weighted by Crippen LogP contribution is 2.58. The zero-order valence-corrected chi connectivity index (χ0v) is 38.0. The van der Waals surface area contributed by atoms with Gasteiger partial charge in [-0.15, -0.1) is 0 Å². The zero-order chi connectivity index (χ0) is 47.6. The molecule has 0 spiro atoms. The predicted molar refractivity (Wildman–Crippen MR) is 244 cm³/mol. The highest BCUT2D eigenvalue weighted by Gasteiger charge is 2.69. The van der Waals surface area contributed by atoms with Gasteiger partial charge in [0.2, 0.25) is 29.5 Å². The van der Waals surface area contributed by atoms with Crippen LogP contribution < -0.4 is 55.3 Å². The second-order valence-corrected chi connectivity index (χ2v) is 18.0. The normalized spacial score (nSPS) is 23.3. The fourth-order valence-electron chi connectivity index (χ4n) is 9.05. The molecule has 4 aliphatic rings. The molecule has 20 heteroatoms. The van der Waals surface area contributed by atoms with E-state index in [0.717, 1.165) is 56.1 Å². The number of hydrogen-bond donors (Lipinski definition) is 11. The number of aliphatic hydroxyl groups excluding tert-OH is 1. The van der Waals surface area contributed by atoms with Crippen LogP contribution in [0.3, 0.4) is 0 Å². The van der Waals surface area contributed by atoms with Gasteiger partial charge in [0.1, 0.15) is 36.5 Å². The van der Waals surface area contributed by atoms with Gasteiger partial charge >= 0.3 is 7.12 Å². The Labute approximate surface area is 381 Å². The van der Waals surface area contributed by atoms with E-state index in [9.17, 15) is 33.9 Å². The second kappa shape index (κ2) is 22.5. The summed E-state index contributed by atoms with van der Waals surface area (Å²) in [4.78, 5) is 80.0. The topological polar surface area (TPSA) is 331 Å². The molecule has 6 amide bonds. The van der Waals surface area contributed by atoms with Gasteiger partial charge in [-0.3, -0.25) is 28.8 Å². The molecule has 0 aromatic heterocycles. The first-order valence-corrected chi connectivity index (χ1v) is 22.9. The average molecular weight is 905 g/mol. The molecule has 0 radical (unpaired) electrons. The lowest BCUT2D eigenvalue weighted by Gasteiger charge is -2.63. The van der Waals surface area contributed by atoms with Gasteiger partial charge < -0.3 is 69.7 Å². The van der Waals surface area contributed by atoms with Crippen LogP contribution in [0.25, 0.3) is 11.1 Å². The number of benzene rings is 2. The van der Waals surface area contributed by atoms with Gasteiger partial charge in [-0.2, -0.15) is 0 Å². The van der Waals surface area contributed by atoms with Crippen molar-refractivity contribution in [1.29, 1.82) is 0 Å². The number of aryl methyl sites for hydroxylation is 1. The number of nitrogens with two attached hydrogens (primary N) is 5. The molecule has 2 aromatic carbocycles. The molecule has 16 N–H and O–H groups in total. The quantitative estimate of drug-likeness (QED) is 0.0377.